The Kier molecular flexibility index (Phi) is 2.77. The zero-order valence-electron chi connectivity index (χ0n) is 5.94. The van der Waals surface area contributed by atoms with Gasteiger partial charge in [-0.15, -0.1) is 0 Å². The fourth-order valence-electron chi connectivity index (χ4n) is 0.449. The van der Waals surface area contributed by atoms with Crippen LogP contribution in [0, 0.1) is 5.92 Å². The van der Waals surface area contributed by atoms with Crippen molar-refractivity contribution in [2.24, 2.45) is 11.7 Å². The molecule has 0 aliphatic carbocycles. The Balaban J connectivity index is 3.64. The molecule has 0 rings (SSSR count). The molecule has 0 radical (unpaired) electrons. The Labute approximate surface area is 51.6 Å². The fraction of sp³-hybridized carbons (Fsp3) is 0.714. The predicted octanol–water partition coefficient (Wildman–Crippen LogP) is 1.55. The fourth-order valence-corrected chi connectivity index (χ4v) is 0.449. The Morgan fingerprint density at radius 2 is 1.88 bits per heavy atom. The van der Waals surface area contributed by atoms with Crippen LogP contribution in [-0.2, 0) is 0 Å². The van der Waals surface area contributed by atoms with Gasteiger partial charge in [-0.1, -0.05) is 19.1 Å². The normalized spacial score (nSPS) is 17.5. The van der Waals surface area contributed by atoms with E-state index in [2.05, 4.69) is 13.5 Å². The minimum absolute atomic E-state index is 0.243. The van der Waals surface area contributed by atoms with E-state index in [1.807, 2.05) is 13.8 Å². The molecular formula is C7H15N. The first kappa shape index (κ1) is 7.70. The molecule has 0 aromatic heterocycles. The number of hydrogen-bond donors (Lipinski definition) is 1. The Bertz CT molecular complexity index is 84.4. The van der Waals surface area contributed by atoms with Gasteiger partial charge in [0, 0.05) is 6.04 Å². The highest BCUT2D eigenvalue weighted by atomic mass is 14.6. The standard InChI is InChI=1S/C7H15N/c1-5(2)6(3)7(4)8/h6-7H,1,8H2,2-4H3/t6?,7-/m0/s1. The molecule has 0 saturated heterocycles. The maximum absolute atomic E-state index is 5.58. The summed E-state index contributed by atoms with van der Waals surface area (Å²) >= 11 is 0. The van der Waals surface area contributed by atoms with E-state index in [0.717, 1.165) is 0 Å². The first-order chi connectivity index (χ1) is 3.55. The highest BCUT2D eigenvalue weighted by molar-refractivity contribution is 4.97. The average Bonchev–Trinajstić information content (AvgIpc) is 1.64. The molecule has 0 aliphatic heterocycles. The molecule has 8 heavy (non-hydrogen) atoms. The molecule has 1 nitrogen and oxygen atoms in total. The smallest absolute Gasteiger partial charge is 0.00732 e. The summed E-state index contributed by atoms with van der Waals surface area (Å²) in [4.78, 5) is 0. The van der Waals surface area contributed by atoms with Crippen LogP contribution in [0.5, 0.6) is 0 Å². The highest BCUT2D eigenvalue weighted by Gasteiger charge is 2.05. The molecule has 48 valence electrons. The van der Waals surface area contributed by atoms with E-state index < -0.39 is 0 Å². The van der Waals surface area contributed by atoms with E-state index in [-0.39, 0.29) is 6.04 Å². The summed E-state index contributed by atoms with van der Waals surface area (Å²) in [7, 11) is 0. The van der Waals surface area contributed by atoms with Crippen molar-refractivity contribution >= 4 is 0 Å². The van der Waals surface area contributed by atoms with Gasteiger partial charge in [-0.2, -0.15) is 0 Å². The lowest BCUT2D eigenvalue weighted by molar-refractivity contribution is 0.555. The molecule has 0 heterocycles. The Morgan fingerprint density at radius 3 is 1.88 bits per heavy atom. The van der Waals surface area contributed by atoms with E-state index in [1.54, 1.807) is 0 Å². The molecule has 0 spiro atoms. The highest BCUT2D eigenvalue weighted by Crippen LogP contribution is 2.08. The van der Waals surface area contributed by atoms with Crippen molar-refractivity contribution in [3.63, 3.8) is 0 Å². The topological polar surface area (TPSA) is 26.0 Å². The predicted molar refractivity (Wildman–Crippen MR) is 37.6 cm³/mol. The maximum Gasteiger partial charge on any atom is 0.00732 e. The summed E-state index contributed by atoms with van der Waals surface area (Å²) in [5, 5.41) is 0. The third-order valence-electron chi connectivity index (χ3n) is 1.57. The van der Waals surface area contributed by atoms with Gasteiger partial charge in [-0.25, -0.2) is 0 Å². The quantitative estimate of drug-likeness (QED) is 0.540. The minimum Gasteiger partial charge on any atom is -0.327 e. The van der Waals surface area contributed by atoms with Gasteiger partial charge in [0.25, 0.3) is 0 Å². The van der Waals surface area contributed by atoms with Gasteiger partial charge in [0.1, 0.15) is 0 Å². The molecule has 1 unspecified atom stereocenters. The molecule has 0 aromatic rings. The first-order valence-corrected chi connectivity index (χ1v) is 2.96. The van der Waals surface area contributed by atoms with Crippen LogP contribution >= 0.6 is 0 Å². The van der Waals surface area contributed by atoms with Crippen molar-refractivity contribution in [1.82, 2.24) is 0 Å². The van der Waals surface area contributed by atoms with E-state index in [4.69, 9.17) is 5.73 Å². The molecule has 0 fully saturated rings. The van der Waals surface area contributed by atoms with Gasteiger partial charge in [-0.05, 0) is 19.8 Å². The van der Waals surface area contributed by atoms with Gasteiger partial charge in [0.05, 0.1) is 0 Å². The van der Waals surface area contributed by atoms with Crippen molar-refractivity contribution in [1.29, 1.82) is 0 Å². The lowest BCUT2D eigenvalue weighted by atomic mass is 9.98. The van der Waals surface area contributed by atoms with Crippen molar-refractivity contribution < 1.29 is 0 Å². The van der Waals surface area contributed by atoms with E-state index in [0.29, 0.717) is 5.92 Å². The summed E-state index contributed by atoms with van der Waals surface area (Å²) in [5.74, 6) is 0.454. The van der Waals surface area contributed by atoms with Gasteiger partial charge in [0.15, 0.2) is 0 Å². The first-order valence-electron chi connectivity index (χ1n) is 2.96. The van der Waals surface area contributed by atoms with Crippen LogP contribution in [0.15, 0.2) is 12.2 Å². The van der Waals surface area contributed by atoms with Crippen molar-refractivity contribution in [3.8, 4) is 0 Å². The second-order valence-corrected chi connectivity index (χ2v) is 2.49. The molecular weight excluding hydrogens is 98.1 g/mol. The third kappa shape index (κ3) is 2.12. The average molecular weight is 113 g/mol. The van der Waals surface area contributed by atoms with Gasteiger partial charge < -0.3 is 5.73 Å². The summed E-state index contributed by atoms with van der Waals surface area (Å²) in [6, 6.07) is 0.243. The summed E-state index contributed by atoms with van der Waals surface area (Å²) in [6.07, 6.45) is 0. The largest absolute Gasteiger partial charge is 0.327 e. The summed E-state index contributed by atoms with van der Waals surface area (Å²) in [6.45, 7) is 9.89. The molecule has 1 heteroatoms. The molecule has 0 aliphatic rings. The minimum atomic E-state index is 0.243. The second kappa shape index (κ2) is 2.88. The van der Waals surface area contributed by atoms with Gasteiger partial charge in [0.2, 0.25) is 0 Å². The van der Waals surface area contributed by atoms with Crippen molar-refractivity contribution in [2.75, 3.05) is 0 Å². The van der Waals surface area contributed by atoms with E-state index in [9.17, 15) is 0 Å². The maximum atomic E-state index is 5.58. The number of nitrogens with two attached hydrogens (primary N) is 1. The van der Waals surface area contributed by atoms with Crippen LogP contribution in [-0.4, -0.2) is 6.04 Å². The lowest BCUT2D eigenvalue weighted by Gasteiger charge is -2.14. The van der Waals surface area contributed by atoms with Crippen LogP contribution in [0.4, 0.5) is 0 Å². The molecule has 0 bridgehead atoms. The van der Waals surface area contributed by atoms with Crippen LogP contribution in [0.3, 0.4) is 0 Å². The van der Waals surface area contributed by atoms with Crippen LogP contribution < -0.4 is 5.73 Å². The van der Waals surface area contributed by atoms with Crippen LogP contribution in [0.2, 0.25) is 0 Å². The molecule has 0 saturated carbocycles. The SMILES string of the molecule is C=C(C)C(C)[C@H](C)N. The molecule has 2 atom stereocenters. The molecule has 2 N–H and O–H groups in total. The molecule has 0 amide bonds. The monoisotopic (exact) mass is 113 g/mol. The van der Waals surface area contributed by atoms with Crippen LogP contribution in [0.1, 0.15) is 20.8 Å². The van der Waals surface area contributed by atoms with Gasteiger partial charge >= 0.3 is 0 Å². The lowest BCUT2D eigenvalue weighted by Crippen LogP contribution is -2.24. The van der Waals surface area contributed by atoms with E-state index in [1.165, 1.54) is 5.57 Å². The Hall–Kier alpha value is -0.300. The zero-order chi connectivity index (χ0) is 6.73. The Morgan fingerprint density at radius 1 is 1.50 bits per heavy atom. The van der Waals surface area contributed by atoms with Crippen LogP contribution in [0.25, 0.3) is 0 Å². The summed E-state index contributed by atoms with van der Waals surface area (Å²) in [5.41, 5.74) is 6.74. The van der Waals surface area contributed by atoms with Crippen molar-refractivity contribution in [2.45, 2.75) is 26.8 Å². The molecule has 0 aromatic carbocycles. The zero-order valence-corrected chi connectivity index (χ0v) is 5.94. The van der Waals surface area contributed by atoms with E-state index >= 15 is 0 Å². The second-order valence-electron chi connectivity index (χ2n) is 2.49. The van der Waals surface area contributed by atoms with Crippen molar-refractivity contribution in [3.05, 3.63) is 12.2 Å². The third-order valence-corrected chi connectivity index (χ3v) is 1.57. The number of hydrogen-bond acceptors (Lipinski definition) is 1. The summed E-state index contributed by atoms with van der Waals surface area (Å²) < 4.78 is 0. The van der Waals surface area contributed by atoms with Gasteiger partial charge in [-0.3, -0.25) is 0 Å². The number of rotatable bonds is 2.